The number of fused-ring (bicyclic) bond motifs is 3. The highest BCUT2D eigenvalue weighted by Gasteiger charge is 2.45. The van der Waals surface area contributed by atoms with Crippen LogP contribution in [0.3, 0.4) is 0 Å². The minimum Gasteiger partial charge on any atom is -0.192 e. The third kappa shape index (κ3) is 3.00. The third-order valence-corrected chi connectivity index (χ3v) is 7.15. The maximum atomic E-state index is 9.11. The molecule has 0 heterocycles. The van der Waals surface area contributed by atoms with Gasteiger partial charge in [-0.2, -0.15) is 5.26 Å². The molecule has 0 fully saturated rings. The summed E-state index contributed by atoms with van der Waals surface area (Å²) in [6.45, 7) is 0. The molecule has 0 saturated carbocycles. The molecule has 5 aromatic carbocycles. The van der Waals surface area contributed by atoms with E-state index in [1.807, 2.05) is 36.4 Å². The van der Waals surface area contributed by atoms with E-state index in [9.17, 15) is 0 Å². The molecule has 0 unspecified atom stereocenters. The topological polar surface area (TPSA) is 23.8 Å². The van der Waals surface area contributed by atoms with Crippen molar-refractivity contribution in [2.75, 3.05) is 0 Å². The second-order valence-electron chi connectivity index (χ2n) is 8.61. The molecule has 1 aliphatic carbocycles. The van der Waals surface area contributed by atoms with Crippen LogP contribution in [0.4, 0.5) is 0 Å². The van der Waals surface area contributed by atoms with E-state index in [1.54, 1.807) is 0 Å². The normalized spacial score (nSPS) is 13.1. The summed E-state index contributed by atoms with van der Waals surface area (Å²) in [7, 11) is 0. The van der Waals surface area contributed by atoms with E-state index in [0.717, 1.165) is 16.1 Å². The maximum Gasteiger partial charge on any atom is 0.0991 e. The summed E-state index contributed by atoms with van der Waals surface area (Å²) < 4.78 is 0. The lowest BCUT2D eigenvalue weighted by Gasteiger charge is -2.34. The van der Waals surface area contributed by atoms with Crippen molar-refractivity contribution in [3.63, 3.8) is 0 Å². The van der Waals surface area contributed by atoms with Crippen LogP contribution < -0.4 is 0 Å². The molecule has 5 aromatic rings. The van der Waals surface area contributed by atoms with Crippen molar-refractivity contribution in [3.8, 4) is 28.3 Å². The standard InChI is InChI=1S/C32H20ClN/c33-27-19-17-26(18-20-27)32(30-7-3-1-5-28(30)29-6-2-4-8-31(29)32)25-15-13-24(14-16-25)23-11-9-22(21-34)10-12-23/h1-20H. The van der Waals surface area contributed by atoms with Gasteiger partial charge in [-0.1, -0.05) is 109 Å². The van der Waals surface area contributed by atoms with Gasteiger partial charge in [0.25, 0.3) is 0 Å². The molecule has 0 saturated heterocycles. The zero-order chi connectivity index (χ0) is 23.1. The number of nitrogens with zero attached hydrogens (tertiary/aromatic N) is 1. The SMILES string of the molecule is N#Cc1ccc(-c2ccc(C3(c4ccc(Cl)cc4)c4ccccc4-c4ccccc43)cc2)cc1. The first-order valence-corrected chi connectivity index (χ1v) is 11.7. The second kappa shape index (κ2) is 8.03. The van der Waals surface area contributed by atoms with E-state index in [2.05, 4.69) is 91.0 Å². The van der Waals surface area contributed by atoms with E-state index in [1.165, 1.54) is 33.4 Å². The fourth-order valence-electron chi connectivity index (χ4n) is 5.37. The van der Waals surface area contributed by atoms with Crippen molar-refractivity contribution in [3.05, 3.63) is 154 Å². The summed E-state index contributed by atoms with van der Waals surface area (Å²) >= 11 is 6.30. The van der Waals surface area contributed by atoms with Crippen LogP contribution in [0.5, 0.6) is 0 Å². The molecule has 0 N–H and O–H groups in total. The minimum atomic E-state index is -0.430. The third-order valence-electron chi connectivity index (χ3n) is 6.89. The first-order chi connectivity index (χ1) is 16.7. The summed E-state index contributed by atoms with van der Waals surface area (Å²) in [5.41, 5.74) is 9.97. The quantitative estimate of drug-likeness (QED) is 0.264. The smallest absolute Gasteiger partial charge is 0.0991 e. The Morgan fingerprint density at radius 1 is 0.529 bits per heavy atom. The zero-order valence-corrected chi connectivity index (χ0v) is 19.1. The summed E-state index contributed by atoms with van der Waals surface area (Å²) in [4.78, 5) is 0. The van der Waals surface area contributed by atoms with Gasteiger partial charge in [0.15, 0.2) is 0 Å². The first kappa shape index (κ1) is 20.5. The Balaban J connectivity index is 1.60. The largest absolute Gasteiger partial charge is 0.192 e. The van der Waals surface area contributed by atoms with Crippen molar-refractivity contribution < 1.29 is 0 Å². The Kier molecular flexibility index (Phi) is 4.84. The van der Waals surface area contributed by atoms with E-state index in [4.69, 9.17) is 16.9 Å². The van der Waals surface area contributed by atoms with Crippen molar-refractivity contribution in [2.24, 2.45) is 0 Å². The molecule has 0 spiro atoms. The highest BCUT2D eigenvalue weighted by atomic mass is 35.5. The molecule has 0 atom stereocenters. The van der Waals surface area contributed by atoms with Gasteiger partial charge in [-0.25, -0.2) is 0 Å². The summed E-state index contributed by atoms with van der Waals surface area (Å²) in [5, 5.41) is 9.84. The lowest BCUT2D eigenvalue weighted by Crippen LogP contribution is -2.28. The Labute approximate surface area is 204 Å². The monoisotopic (exact) mass is 453 g/mol. The number of nitriles is 1. The molecule has 0 aromatic heterocycles. The van der Waals surface area contributed by atoms with Crippen LogP contribution >= 0.6 is 11.6 Å². The van der Waals surface area contributed by atoms with Crippen LogP contribution in [0.15, 0.2) is 121 Å². The molecule has 0 bridgehead atoms. The average Bonchev–Trinajstić information content (AvgIpc) is 3.21. The number of benzene rings is 5. The fraction of sp³-hybridized carbons (Fsp3) is 0.0312. The highest BCUT2D eigenvalue weighted by Crippen LogP contribution is 2.56. The van der Waals surface area contributed by atoms with Gasteiger partial charge < -0.3 is 0 Å². The number of hydrogen-bond acceptors (Lipinski definition) is 1. The summed E-state index contributed by atoms with van der Waals surface area (Å²) in [5.74, 6) is 0. The Hall–Kier alpha value is -4.12. The van der Waals surface area contributed by atoms with Gasteiger partial charge in [-0.05, 0) is 68.8 Å². The molecule has 34 heavy (non-hydrogen) atoms. The van der Waals surface area contributed by atoms with E-state index in [0.29, 0.717) is 5.56 Å². The van der Waals surface area contributed by atoms with Crippen molar-refractivity contribution >= 4 is 11.6 Å². The molecule has 6 rings (SSSR count). The van der Waals surface area contributed by atoms with Crippen molar-refractivity contribution in [1.29, 1.82) is 5.26 Å². The van der Waals surface area contributed by atoms with Crippen LogP contribution in [-0.4, -0.2) is 0 Å². The first-order valence-electron chi connectivity index (χ1n) is 11.3. The number of rotatable bonds is 3. The molecular weight excluding hydrogens is 434 g/mol. The number of hydrogen-bond donors (Lipinski definition) is 0. The van der Waals surface area contributed by atoms with Gasteiger partial charge in [0, 0.05) is 5.02 Å². The summed E-state index contributed by atoms with van der Waals surface area (Å²) in [6.07, 6.45) is 0. The Bertz CT molecular complexity index is 1490. The molecular formula is C32H20ClN. The van der Waals surface area contributed by atoms with Crippen LogP contribution in [-0.2, 0) is 5.41 Å². The van der Waals surface area contributed by atoms with Gasteiger partial charge in [0.2, 0.25) is 0 Å². The highest BCUT2D eigenvalue weighted by molar-refractivity contribution is 6.30. The van der Waals surface area contributed by atoms with Gasteiger partial charge in [0.1, 0.15) is 0 Å². The Morgan fingerprint density at radius 2 is 0.971 bits per heavy atom. The minimum absolute atomic E-state index is 0.430. The van der Waals surface area contributed by atoms with Crippen molar-refractivity contribution in [2.45, 2.75) is 5.41 Å². The van der Waals surface area contributed by atoms with Crippen LogP contribution in [0, 0.1) is 11.3 Å². The zero-order valence-electron chi connectivity index (χ0n) is 18.4. The summed E-state index contributed by atoms with van der Waals surface area (Å²) in [6, 6.07) is 44.4. The molecule has 1 nitrogen and oxygen atoms in total. The van der Waals surface area contributed by atoms with Gasteiger partial charge in [0.05, 0.1) is 17.0 Å². The molecule has 1 aliphatic rings. The van der Waals surface area contributed by atoms with E-state index < -0.39 is 5.41 Å². The maximum absolute atomic E-state index is 9.11. The predicted molar refractivity (Wildman–Crippen MR) is 139 cm³/mol. The molecule has 0 radical (unpaired) electrons. The van der Waals surface area contributed by atoms with Crippen molar-refractivity contribution in [1.82, 2.24) is 0 Å². The average molecular weight is 454 g/mol. The van der Waals surface area contributed by atoms with Crippen LogP contribution in [0.1, 0.15) is 27.8 Å². The number of halogens is 1. The van der Waals surface area contributed by atoms with Gasteiger partial charge in [-0.3, -0.25) is 0 Å². The molecule has 0 amide bonds. The van der Waals surface area contributed by atoms with Gasteiger partial charge >= 0.3 is 0 Å². The van der Waals surface area contributed by atoms with E-state index in [-0.39, 0.29) is 0 Å². The Morgan fingerprint density at radius 3 is 1.47 bits per heavy atom. The van der Waals surface area contributed by atoms with Gasteiger partial charge in [-0.15, -0.1) is 0 Å². The fourth-order valence-corrected chi connectivity index (χ4v) is 5.50. The molecule has 0 aliphatic heterocycles. The lowest BCUT2D eigenvalue weighted by atomic mass is 9.67. The predicted octanol–water partition coefficient (Wildman–Crippen LogP) is 8.24. The molecule has 160 valence electrons. The van der Waals surface area contributed by atoms with E-state index >= 15 is 0 Å². The molecule has 2 heteroatoms. The van der Waals surface area contributed by atoms with Crippen LogP contribution in [0.2, 0.25) is 5.02 Å². The lowest BCUT2D eigenvalue weighted by molar-refractivity contribution is 0.768. The second-order valence-corrected chi connectivity index (χ2v) is 9.05. The van der Waals surface area contributed by atoms with Crippen LogP contribution in [0.25, 0.3) is 22.3 Å².